The molecule has 0 fully saturated rings. The molecular formula is C14H18FeO3S-6. The van der Waals surface area contributed by atoms with Gasteiger partial charge >= 0.3 is 0 Å². The minimum Gasteiger partial charge on any atom is -0.748 e. The van der Waals surface area contributed by atoms with Gasteiger partial charge in [-0.1, -0.05) is 6.42 Å². The van der Waals surface area contributed by atoms with Crippen LogP contribution < -0.4 is 0 Å². The molecule has 0 unspecified atom stereocenters. The van der Waals surface area contributed by atoms with E-state index in [-0.39, 0.29) is 23.7 Å². The van der Waals surface area contributed by atoms with Gasteiger partial charge in [-0.05, 0) is 6.42 Å². The largest absolute Gasteiger partial charge is 0.748 e. The summed E-state index contributed by atoms with van der Waals surface area (Å²) < 4.78 is 25.7. The molecule has 0 saturated carbocycles. The van der Waals surface area contributed by atoms with E-state index in [4.69, 9.17) is 0 Å². The Labute approximate surface area is 125 Å². The van der Waals surface area contributed by atoms with Crippen molar-refractivity contribution in [3.8, 4) is 0 Å². The van der Waals surface area contributed by atoms with Gasteiger partial charge in [0.2, 0.25) is 0 Å². The molecule has 0 radical (unpaired) electrons. The first kappa shape index (κ1) is 18.1. The van der Waals surface area contributed by atoms with Crippen molar-refractivity contribution < 1.29 is 29.7 Å². The SMILES string of the molecule is CS(=O)(=O)OCCC[c-]1cccc1.[Fe].[cH-]1[cH-][cH-][cH-][cH-]1. The number of aryl methyl sites for hydroxylation is 1. The smallest absolute Gasteiger partial charge is 0.264 e. The van der Waals surface area contributed by atoms with Gasteiger partial charge in [-0.25, -0.2) is 12.1 Å². The number of hydrogen-bond donors (Lipinski definition) is 0. The molecule has 3 nitrogen and oxygen atoms in total. The third-order valence-corrected chi connectivity index (χ3v) is 2.79. The summed E-state index contributed by atoms with van der Waals surface area (Å²) in [5.41, 5.74) is 1.22. The number of hydrogen-bond acceptors (Lipinski definition) is 3. The Balaban J connectivity index is 0.000000454. The molecule has 0 aliphatic carbocycles. The summed E-state index contributed by atoms with van der Waals surface area (Å²) in [6.07, 6.45) is 2.66. The van der Waals surface area contributed by atoms with Crippen molar-refractivity contribution in [1.82, 2.24) is 0 Å². The van der Waals surface area contributed by atoms with Crippen molar-refractivity contribution in [3.05, 3.63) is 60.2 Å². The second-order valence-corrected chi connectivity index (χ2v) is 5.53. The third-order valence-electron chi connectivity index (χ3n) is 2.19. The predicted octanol–water partition coefficient (Wildman–Crippen LogP) is 2.72. The standard InChI is InChI=1S/C9H13O3S.C5H5.Fe/c1-13(10,11)12-8-4-7-9-5-2-3-6-9;1-2-4-5-3-1;/h2-3,5-6H,4,7-8H2,1H3;1-5H;/q-1;-5;. The molecule has 0 heterocycles. The summed E-state index contributed by atoms with van der Waals surface area (Å²) in [5.74, 6) is 0. The van der Waals surface area contributed by atoms with Crippen LogP contribution in [-0.2, 0) is 37.8 Å². The Morgan fingerprint density at radius 1 is 1.05 bits per heavy atom. The molecule has 0 amide bonds. The zero-order valence-electron chi connectivity index (χ0n) is 10.8. The van der Waals surface area contributed by atoms with Gasteiger partial charge in [0.05, 0.1) is 12.9 Å². The van der Waals surface area contributed by atoms with Crippen molar-refractivity contribution in [2.75, 3.05) is 12.9 Å². The van der Waals surface area contributed by atoms with Gasteiger partial charge in [-0.3, -0.25) is 4.18 Å². The fourth-order valence-electron chi connectivity index (χ4n) is 1.39. The molecule has 0 aromatic heterocycles. The van der Waals surface area contributed by atoms with Crippen molar-refractivity contribution in [2.24, 2.45) is 0 Å². The van der Waals surface area contributed by atoms with Gasteiger partial charge in [0.15, 0.2) is 0 Å². The number of rotatable bonds is 5. The predicted molar refractivity (Wildman–Crippen MR) is 73.2 cm³/mol. The summed E-state index contributed by atoms with van der Waals surface area (Å²) in [5, 5.41) is 0. The average Bonchev–Trinajstić information content (AvgIpc) is 2.98. The van der Waals surface area contributed by atoms with E-state index in [9.17, 15) is 8.42 Å². The molecule has 5 heteroatoms. The fraction of sp³-hybridized carbons (Fsp3) is 0.286. The molecule has 0 spiro atoms. The van der Waals surface area contributed by atoms with Crippen molar-refractivity contribution in [2.45, 2.75) is 12.8 Å². The molecule has 0 N–H and O–H groups in total. The van der Waals surface area contributed by atoms with Gasteiger partial charge in [-0.15, -0.1) is 0 Å². The van der Waals surface area contributed by atoms with Crippen LogP contribution in [0, 0.1) is 0 Å². The first-order valence-electron chi connectivity index (χ1n) is 5.79. The molecule has 0 aliphatic heterocycles. The Morgan fingerprint density at radius 2 is 1.53 bits per heavy atom. The Bertz CT molecular complexity index is 470. The average molecular weight is 322 g/mol. The Morgan fingerprint density at radius 3 is 1.95 bits per heavy atom. The molecular weight excluding hydrogens is 304 g/mol. The van der Waals surface area contributed by atoms with E-state index in [1.165, 1.54) is 5.56 Å². The summed E-state index contributed by atoms with van der Waals surface area (Å²) in [7, 11) is -3.27. The summed E-state index contributed by atoms with van der Waals surface area (Å²) in [6, 6.07) is 18.0. The summed E-state index contributed by atoms with van der Waals surface area (Å²) in [4.78, 5) is 0. The second kappa shape index (κ2) is 9.98. The van der Waals surface area contributed by atoms with Crippen LogP contribution in [0.25, 0.3) is 0 Å². The molecule has 2 aromatic carbocycles. The van der Waals surface area contributed by atoms with Gasteiger partial charge in [0.1, 0.15) is 0 Å². The zero-order valence-corrected chi connectivity index (χ0v) is 12.7. The first-order valence-corrected chi connectivity index (χ1v) is 7.61. The van der Waals surface area contributed by atoms with E-state index in [0.717, 1.165) is 19.1 Å². The van der Waals surface area contributed by atoms with Crippen LogP contribution in [0.3, 0.4) is 0 Å². The van der Waals surface area contributed by atoms with E-state index in [1.807, 2.05) is 54.6 Å². The minimum absolute atomic E-state index is 0. The van der Waals surface area contributed by atoms with Crippen molar-refractivity contribution in [1.29, 1.82) is 0 Å². The van der Waals surface area contributed by atoms with Gasteiger partial charge in [0.25, 0.3) is 10.1 Å². The molecule has 0 atom stereocenters. The van der Waals surface area contributed by atoms with Gasteiger partial charge in [0, 0.05) is 17.1 Å². The Hall–Kier alpha value is -0.871. The van der Waals surface area contributed by atoms with Gasteiger partial charge in [-0.2, -0.15) is 26.1 Å². The maximum absolute atomic E-state index is 10.6. The van der Waals surface area contributed by atoms with E-state index < -0.39 is 10.1 Å². The van der Waals surface area contributed by atoms with Crippen LogP contribution in [-0.4, -0.2) is 21.3 Å². The topological polar surface area (TPSA) is 43.4 Å². The van der Waals surface area contributed by atoms with E-state index >= 15 is 0 Å². The molecule has 0 bridgehead atoms. The fourth-order valence-corrected chi connectivity index (χ4v) is 1.81. The van der Waals surface area contributed by atoms with Crippen LogP contribution in [0.2, 0.25) is 0 Å². The van der Waals surface area contributed by atoms with Crippen LogP contribution in [0.4, 0.5) is 0 Å². The first-order chi connectivity index (χ1) is 8.58. The molecule has 112 valence electrons. The molecule has 0 aliphatic rings. The zero-order chi connectivity index (χ0) is 13.3. The van der Waals surface area contributed by atoms with Crippen LogP contribution in [0.5, 0.6) is 0 Å². The molecule has 2 rings (SSSR count). The summed E-state index contributed by atoms with van der Waals surface area (Å²) >= 11 is 0. The molecule has 19 heavy (non-hydrogen) atoms. The Kier molecular flexibility index (Phi) is 9.52. The van der Waals surface area contributed by atoms with E-state index in [1.54, 1.807) is 0 Å². The van der Waals surface area contributed by atoms with E-state index in [2.05, 4.69) is 4.18 Å². The van der Waals surface area contributed by atoms with Crippen LogP contribution in [0.15, 0.2) is 54.6 Å². The maximum atomic E-state index is 10.6. The normalized spacial score (nSPS) is 10.2. The maximum Gasteiger partial charge on any atom is 0.264 e. The van der Waals surface area contributed by atoms with Crippen LogP contribution >= 0.6 is 0 Å². The third kappa shape index (κ3) is 10.7. The summed E-state index contributed by atoms with van der Waals surface area (Å²) in [6.45, 7) is 0.268. The minimum atomic E-state index is -3.27. The second-order valence-electron chi connectivity index (χ2n) is 3.89. The monoisotopic (exact) mass is 322 g/mol. The van der Waals surface area contributed by atoms with E-state index in [0.29, 0.717) is 0 Å². The molecule has 0 saturated heterocycles. The quantitative estimate of drug-likeness (QED) is 0.368. The van der Waals surface area contributed by atoms with Crippen molar-refractivity contribution >= 4 is 10.1 Å². The van der Waals surface area contributed by atoms with Crippen LogP contribution in [0.1, 0.15) is 12.0 Å². The van der Waals surface area contributed by atoms with Gasteiger partial charge < -0.3 is 30.3 Å². The van der Waals surface area contributed by atoms with Crippen molar-refractivity contribution in [3.63, 3.8) is 0 Å². The molecule has 2 aromatic rings.